The van der Waals surface area contributed by atoms with Gasteiger partial charge in [-0.1, -0.05) is 38.2 Å². The molecule has 0 spiro atoms. The fourth-order valence-electron chi connectivity index (χ4n) is 5.41. The number of hydrogen-bond donors (Lipinski definition) is 1. The molecule has 12 heteroatoms. The predicted octanol–water partition coefficient (Wildman–Crippen LogP) is 4.75. The van der Waals surface area contributed by atoms with Crippen molar-refractivity contribution >= 4 is 38.3 Å². The maximum absolute atomic E-state index is 13.6. The van der Waals surface area contributed by atoms with Crippen LogP contribution in [0.3, 0.4) is 0 Å². The predicted molar refractivity (Wildman–Crippen MR) is 156 cm³/mol. The van der Waals surface area contributed by atoms with Crippen molar-refractivity contribution in [2.75, 3.05) is 32.1 Å². The van der Waals surface area contributed by atoms with Gasteiger partial charge in [-0.2, -0.15) is 4.31 Å². The number of piperazine rings is 1. The fraction of sp³-hybridized carbons (Fsp3) is 0.414. The molecule has 1 saturated carbocycles. The van der Waals surface area contributed by atoms with E-state index < -0.39 is 16.1 Å². The van der Waals surface area contributed by atoms with Crippen molar-refractivity contribution < 1.29 is 27.5 Å². The summed E-state index contributed by atoms with van der Waals surface area (Å²) in [7, 11) is -2.41. The molecule has 2 aromatic carbocycles. The second-order valence-electron chi connectivity index (χ2n) is 10.3. The highest BCUT2D eigenvalue weighted by molar-refractivity contribution is 7.89. The number of sulfonamides is 1. The molecule has 218 valence electrons. The highest BCUT2D eigenvalue weighted by atomic mass is 32.2. The molecule has 5 rings (SSSR count). The van der Waals surface area contributed by atoms with E-state index >= 15 is 0 Å². The molecule has 1 aliphatic carbocycles. The Labute approximate surface area is 244 Å². The lowest BCUT2D eigenvalue weighted by Crippen LogP contribution is -2.58. The number of aromatic nitrogens is 1. The monoisotopic (exact) mass is 598 g/mol. The van der Waals surface area contributed by atoms with E-state index in [1.165, 1.54) is 34.2 Å². The van der Waals surface area contributed by atoms with Crippen LogP contribution < -0.4 is 14.8 Å². The van der Waals surface area contributed by atoms with Crippen molar-refractivity contribution in [1.82, 2.24) is 14.2 Å². The number of benzene rings is 2. The molecular weight excluding hydrogens is 564 g/mol. The molecule has 2 heterocycles. The van der Waals surface area contributed by atoms with Gasteiger partial charge in [-0.15, -0.1) is 11.3 Å². The third-order valence-electron chi connectivity index (χ3n) is 7.58. The molecule has 2 aliphatic rings. The first-order valence-corrected chi connectivity index (χ1v) is 16.1. The van der Waals surface area contributed by atoms with Gasteiger partial charge >= 0.3 is 0 Å². The van der Waals surface area contributed by atoms with Gasteiger partial charge in [0.05, 0.1) is 18.6 Å². The summed E-state index contributed by atoms with van der Waals surface area (Å²) < 4.78 is 39.3. The van der Waals surface area contributed by atoms with Crippen LogP contribution in [0.2, 0.25) is 0 Å². The molecule has 1 aliphatic heterocycles. The van der Waals surface area contributed by atoms with Gasteiger partial charge in [-0.25, -0.2) is 13.4 Å². The van der Waals surface area contributed by atoms with E-state index in [1.807, 2.05) is 0 Å². The van der Waals surface area contributed by atoms with Crippen molar-refractivity contribution in [1.29, 1.82) is 0 Å². The number of nitrogens with zero attached hydrogens (tertiary/aromatic N) is 3. The van der Waals surface area contributed by atoms with Crippen molar-refractivity contribution in [3.8, 4) is 17.2 Å². The van der Waals surface area contributed by atoms with E-state index in [9.17, 15) is 18.0 Å². The molecule has 2 fully saturated rings. The molecule has 1 N–H and O–H groups in total. The Hall–Kier alpha value is -3.48. The molecule has 10 nitrogen and oxygen atoms in total. The maximum atomic E-state index is 13.6. The topological polar surface area (TPSA) is 118 Å². The highest BCUT2D eigenvalue weighted by Gasteiger charge is 2.39. The number of nitrogens with one attached hydrogen (secondary N) is 1. The minimum absolute atomic E-state index is 0.0324. The zero-order chi connectivity index (χ0) is 28.8. The average molecular weight is 599 g/mol. The van der Waals surface area contributed by atoms with Gasteiger partial charge in [0, 0.05) is 30.7 Å². The summed E-state index contributed by atoms with van der Waals surface area (Å²) in [6.07, 6.45) is 7.65. The first-order chi connectivity index (χ1) is 19.8. The number of carbonyl (C=O) groups excluding carboxylic acids is 2. The van der Waals surface area contributed by atoms with Crippen molar-refractivity contribution in [3.63, 3.8) is 0 Å². The summed E-state index contributed by atoms with van der Waals surface area (Å²) in [4.78, 5) is 32.5. The summed E-state index contributed by atoms with van der Waals surface area (Å²) >= 11 is 1.32. The zero-order valence-electron chi connectivity index (χ0n) is 22.9. The molecule has 3 aromatic rings. The molecule has 1 atom stereocenters. The van der Waals surface area contributed by atoms with E-state index in [2.05, 4.69) is 10.3 Å². The summed E-state index contributed by atoms with van der Waals surface area (Å²) in [6.45, 7) is -0.121. The second kappa shape index (κ2) is 13.0. The Kier molecular flexibility index (Phi) is 9.21. The Bertz CT molecular complexity index is 1440. The smallest absolute Gasteiger partial charge is 0.248 e. The summed E-state index contributed by atoms with van der Waals surface area (Å²) in [5.74, 6) is 1.24. The SMILES string of the molecule is COc1ccc(Oc2cccc(S(=O)(=O)N3CCN(C(CC4CCCCC4)C(=O)Nc4nccs4)C(=O)C3)c2)cc1. The first kappa shape index (κ1) is 29.0. The average Bonchev–Trinajstić information content (AvgIpc) is 3.50. The Morgan fingerprint density at radius 1 is 1.07 bits per heavy atom. The summed E-state index contributed by atoms with van der Waals surface area (Å²) in [5.41, 5.74) is 0. The minimum atomic E-state index is -3.98. The van der Waals surface area contributed by atoms with E-state index in [1.54, 1.807) is 60.0 Å². The number of anilines is 1. The Morgan fingerprint density at radius 3 is 2.51 bits per heavy atom. The molecule has 0 radical (unpaired) electrons. The highest BCUT2D eigenvalue weighted by Crippen LogP contribution is 2.31. The number of rotatable bonds is 10. The van der Waals surface area contributed by atoms with E-state index in [-0.39, 0.29) is 36.3 Å². The van der Waals surface area contributed by atoms with E-state index in [0.29, 0.717) is 34.7 Å². The standard InChI is InChI=1S/C29H34N4O6S2/c1-38-22-10-12-23(13-11-22)39-24-8-5-9-25(19-24)41(36,37)32-15-16-33(27(34)20-32)26(18-21-6-3-2-4-7-21)28(35)31-29-30-14-17-40-29/h5,8-14,17,19,21,26H,2-4,6-7,15-16,18,20H2,1H3,(H,30,31,35). The van der Waals surface area contributed by atoms with Crippen LogP contribution in [0.5, 0.6) is 17.2 Å². The van der Waals surface area contributed by atoms with Crippen LogP contribution in [0.4, 0.5) is 5.13 Å². The molecule has 41 heavy (non-hydrogen) atoms. The minimum Gasteiger partial charge on any atom is -0.497 e. The largest absolute Gasteiger partial charge is 0.497 e. The van der Waals surface area contributed by atoms with Gasteiger partial charge in [0.15, 0.2) is 5.13 Å². The van der Waals surface area contributed by atoms with Gasteiger partial charge < -0.3 is 19.7 Å². The van der Waals surface area contributed by atoms with Crippen molar-refractivity contribution in [2.24, 2.45) is 5.92 Å². The van der Waals surface area contributed by atoms with Gasteiger partial charge in [0.25, 0.3) is 0 Å². The van der Waals surface area contributed by atoms with Crippen LogP contribution in [0.1, 0.15) is 38.5 Å². The van der Waals surface area contributed by atoms with Crippen molar-refractivity contribution in [2.45, 2.75) is 49.5 Å². The van der Waals surface area contributed by atoms with Crippen LogP contribution in [-0.4, -0.2) is 67.2 Å². The number of thiazole rings is 1. The number of methoxy groups -OCH3 is 1. The molecule has 1 unspecified atom stereocenters. The number of hydrogen-bond acceptors (Lipinski definition) is 8. The van der Waals surface area contributed by atoms with Crippen LogP contribution in [0.15, 0.2) is 65.0 Å². The normalized spacial score (nSPS) is 17.7. The third-order valence-corrected chi connectivity index (χ3v) is 10.1. The first-order valence-electron chi connectivity index (χ1n) is 13.8. The third kappa shape index (κ3) is 7.06. The van der Waals surface area contributed by atoms with Gasteiger partial charge in [-0.05, 0) is 48.7 Å². The van der Waals surface area contributed by atoms with Crippen molar-refractivity contribution in [3.05, 3.63) is 60.1 Å². The van der Waals surface area contributed by atoms with Crippen LogP contribution in [-0.2, 0) is 19.6 Å². The summed E-state index contributed by atoms with van der Waals surface area (Å²) in [5, 5.41) is 5.11. The lowest BCUT2D eigenvalue weighted by Gasteiger charge is -2.39. The van der Waals surface area contributed by atoms with Crippen LogP contribution in [0, 0.1) is 5.92 Å². The van der Waals surface area contributed by atoms with Crippen LogP contribution in [0.25, 0.3) is 0 Å². The second-order valence-corrected chi connectivity index (χ2v) is 13.1. The Balaban J connectivity index is 1.29. The fourth-order valence-corrected chi connectivity index (χ4v) is 7.36. The molecule has 0 bridgehead atoms. The number of ether oxygens (including phenoxy) is 2. The molecular formula is C29H34N4O6S2. The lowest BCUT2D eigenvalue weighted by molar-refractivity contribution is -0.142. The molecule has 1 aromatic heterocycles. The summed E-state index contributed by atoms with van der Waals surface area (Å²) in [6, 6.07) is 12.5. The van der Waals surface area contributed by atoms with E-state index in [0.717, 1.165) is 25.7 Å². The van der Waals surface area contributed by atoms with Gasteiger partial charge in [0.2, 0.25) is 21.8 Å². The van der Waals surface area contributed by atoms with Gasteiger partial charge in [-0.3, -0.25) is 9.59 Å². The Morgan fingerprint density at radius 2 is 1.83 bits per heavy atom. The zero-order valence-corrected chi connectivity index (χ0v) is 24.5. The molecule has 1 saturated heterocycles. The van der Waals surface area contributed by atoms with Crippen LogP contribution >= 0.6 is 11.3 Å². The lowest BCUT2D eigenvalue weighted by atomic mass is 9.84. The number of amides is 2. The quantitative estimate of drug-likeness (QED) is 0.358. The number of carbonyl (C=O) groups is 2. The molecule has 2 amide bonds. The van der Waals surface area contributed by atoms with E-state index in [4.69, 9.17) is 9.47 Å². The van der Waals surface area contributed by atoms with Gasteiger partial charge in [0.1, 0.15) is 23.3 Å². The maximum Gasteiger partial charge on any atom is 0.248 e.